The SMILES string of the molecule is C[N+](C)(C)c1ccc(-c2ccc3ccc4ccc(-c5ccc6c7c(cccc57)-c5c-6c(-c6ccccc6)c6ccccc6c5-c5ccccc5)nc4c3n2)cc1. The monoisotopic (exact) mass is 716 g/mol. The van der Waals surface area contributed by atoms with Crippen molar-refractivity contribution in [2.24, 2.45) is 0 Å². The molecular formula is C53H38N3+. The van der Waals surface area contributed by atoms with E-state index in [1.165, 1.54) is 71.7 Å². The van der Waals surface area contributed by atoms with Gasteiger partial charge in [-0.25, -0.2) is 9.97 Å². The zero-order chi connectivity index (χ0) is 37.5. The first kappa shape index (κ1) is 32.5. The molecule has 3 nitrogen and oxygen atoms in total. The fraction of sp³-hybridized carbons (Fsp3) is 0.0566. The van der Waals surface area contributed by atoms with Crippen LogP contribution in [0.3, 0.4) is 0 Å². The van der Waals surface area contributed by atoms with Crippen LogP contribution in [0.5, 0.6) is 0 Å². The van der Waals surface area contributed by atoms with Gasteiger partial charge < -0.3 is 0 Å². The minimum atomic E-state index is 0.769. The Kier molecular flexibility index (Phi) is 7.13. The van der Waals surface area contributed by atoms with E-state index in [9.17, 15) is 0 Å². The number of fused-ring (bicyclic) bond motifs is 7. The molecule has 0 atom stereocenters. The van der Waals surface area contributed by atoms with Gasteiger partial charge in [-0.3, -0.25) is 4.48 Å². The summed E-state index contributed by atoms with van der Waals surface area (Å²) in [7, 11) is 6.56. The highest BCUT2D eigenvalue weighted by Crippen LogP contribution is 2.58. The second-order valence-electron chi connectivity index (χ2n) is 15.8. The lowest BCUT2D eigenvalue weighted by molar-refractivity contribution is 0.486. The lowest BCUT2D eigenvalue weighted by Crippen LogP contribution is -2.34. The maximum atomic E-state index is 5.44. The van der Waals surface area contributed by atoms with Crippen LogP contribution >= 0.6 is 0 Å². The van der Waals surface area contributed by atoms with E-state index in [0.29, 0.717) is 0 Å². The van der Waals surface area contributed by atoms with Crippen molar-refractivity contribution >= 4 is 49.0 Å². The van der Waals surface area contributed by atoms with Crippen LogP contribution in [-0.4, -0.2) is 31.1 Å². The van der Waals surface area contributed by atoms with Gasteiger partial charge in [0.1, 0.15) is 5.69 Å². The number of benzene rings is 8. The second-order valence-corrected chi connectivity index (χ2v) is 15.8. The lowest BCUT2D eigenvalue weighted by atomic mass is 9.82. The van der Waals surface area contributed by atoms with Gasteiger partial charge in [-0.1, -0.05) is 140 Å². The highest BCUT2D eigenvalue weighted by Gasteiger charge is 2.31. The summed E-state index contributed by atoms with van der Waals surface area (Å²) in [6.07, 6.45) is 0. The van der Waals surface area contributed by atoms with Crippen molar-refractivity contribution in [3.05, 3.63) is 176 Å². The highest BCUT2D eigenvalue weighted by atomic mass is 15.3. The third-order valence-electron chi connectivity index (χ3n) is 11.7. The number of nitrogens with zero attached hydrogens (tertiary/aromatic N) is 3. The molecule has 0 bridgehead atoms. The molecule has 3 heteroatoms. The summed E-state index contributed by atoms with van der Waals surface area (Å²) in [5.41, 5.74) is 17.4. The Morgan fingerprint density at radius 1 is 0.339 bits per heavy atom. The van der Waals surface area contributed by atoms with Gasteiger partial charge in [0.15, 0.2) is 0 Å². The number of rotatable bonds is 5. The molecule has 10 aromatic rings. The fourth-order valence-electron chi connectivity index (χ4n) is 8.99. The molecule has 0 amide bonds. The van der Waals surface area contributed by atoms with Gasteiger partial charge in [0.05, 0.1) is 43.6 Å². The van der Waals surface area contributed by atoms with Crippen molar-refractivity contribution in [3.8, 4) is 67.0 Å². The average molecular weight is 717 g/mol. The molecule has 0 saturated heterocycles. The zero-order valence-corrected chi connectivity index (χ0v) is 31.6. The van der Waals surface area contributed by atoms with E-state index >= 15 is 0 Å². The molecule has 0 fully saturated rings. The first-order valence-corrected chi connectivity index (χ1v) is 19.3. The van der Waals surface area contributed by atoms with Crippen LogP contribution < -0.4 is 4.48 Å². The summed E-state index contributed by atoms with van der Waals surface area (Å²) in [6, 6.07) is 63.9. The Morgan fingerprint density at radius 2 is 0.821 bits per heavy atom. The minimum absolute atomic E-state index is 0.769. The number of pyridine rings is 2. The Morgan fingerprint density at radius 3 is 1.41 bits per heavy atom. The van der Waals surface area contributed by atoms with E-state index in [1.54, 1.807) is 0 Å². The Bertz CT molecular complexity index is 3100. The summed E-state index contributed by atoms with van der Waals surface area (Å²) in [5, 5.41) is 7.18. The molecule has 0 unspecified atom stereocenters. The third kappa shape index (κ3) is 4.95. The molecule has 0 radical (unpaired) electrons. The molecule has 2 aromatic heterocycles. The van der Waals surface area contributed by atoms with Gasteiger partial charge >= 0.3 is 0 Å². The van der Waals surface area contributed by atoms with E-state index in [0.717, 1.165) is 48.8 Å². The molecule has 2 heterocycles. The normalized spacial score (nSPS) is 12.2. The van der Waals surface area contributed by atoms with Crippen LogP contribution in [0, 0.1) is 0 Å². The summed E-state index contributed by atoms with van der Waals surface area (Å²) < 4.78 is 0.769. The van der Waals surface area contributed by atoms with Gasteiger partial charge in [-0.15, -0.1) is 0 Å². The molecule has 0 aliphatic heterocycles. The van der Waals surface area contributed by atoms with E-state index in [2.05, 4.69) is 197 Å². The summed E-state index contributed by atoms with van der Waals surface area (Å²) in [5.74, 6) is 0. The topological polar surface area (TPSA) is 25.8 Å². The highest BCUT2D eigenvalue weighted by molar-refractivity contribution is 6.28. The predicted molar refractivity (Wildman–Crippen MR) is 238 cm³/mol. The van der Waals surface area contributed by atoms with E-state index < -0.39 is 0 Å². The summed E-state index contributed by atoms with van der Waals surface area (Å²) in [6.45, 7) is 0. The van der Waals surface area contributed by atoms with Crippen molar-refractivity contribution < 1.29 is 0 Å². The van der Waals surface area contributed by atoms with E-state index in [-0.39, 0.29) is 0 Å². The summed E-state index contributed by atoms with van der Waals surface area (Å²) in [4.78, 5) is 10.7. The fourth-order valence-corrected chi connectivity index (χ4v) is 8.99. The molecule has 0 N–H and O–H groups in total. The molecule has 264 valence electrons. The van der Waals surface area contributed by atoms with Crippen LogP contribution in [0.4, 0.5) is 5.69 Å². The maximum Gasteiger partial charge on any atom is 0.132 e. The van der Waals surface area contributed by atoms with Crippen LogP contribution in [0.25, 0.3) is 110 Å². The molecule has 11 rings (SSSR count). The molecule has 1 aliphatic carbocycles. The van der Waals surface area contributed by atoms with Gasteiger partial charge in [0.2, 0.25) is 0 Å². The van der Waals surface area contributed by atoms with Crippen molar-refractivity contribution in [1.82, 2.24) is 14.5 Å². The molecule has 0 saturated carbocycles. The first-order valence-electron chi connectivity index (χ1n) is 19.3. The van der Waals surface area contributed by atoms with Gasteiger partial charge in [0.25, 0.3) is 0 Å². The maximum absolute atomic E-state index is 5.44. The predicted octanol–water partition coefficient (Wildman–Crippen LogP) is 13.6. The molecule has 0 spiro atoms. The first-order chi connectivity index (χ1) is 27.4. The van der Waals surface area contributed by atoms with Crippen LogP contribution in [0.2, 0.25) is 0 Å². The number of aromatic nitrogens is 2. The summed E-state index contributed by atoms with van der Waals surface area (Å²) >= 11 is 0. The smallest absolute Gasteiger partial charge is 0.132 e. The van der Waals surface area contributed by atoms with Crippen molar-refractivity contribution in [2.75, 3.05) is 21.1 Å². The molecule has 56 heavy (non-hydrogen) atoms. The van der Waals surface area contributed by atoms with E-state index in [1.807, 2.05) is 0 Å². The van der Waals surface area contributed by atoms with Crippen molar-refractivity contribution in [1.29, 1.82) is 0 Å². The third-order valence-corrected chi connectivity index (χ3v) is 11.7. The average Bonchev–Trinajstić information content (AvgIpc) is 3.57. The Labute approximate surface area is 326 Å². The second kappa shape index (κ2) is 12.3. The lowest BCUT2D eigenvalue weighted by Gasteiger charge is -2.23. The Hall–Kier alpha value is -6.94. The van der Waals surface area contributed by atoms with Crippen LogP contribution in [0.1, 0.15) is 0 Å². The van der Waals surface area contributed by atoms with Gasteiger partial charge in [0, 0.05) is 21.9 Å². The molecule has 8 aromatic carbocycles. The van der Waals surface area contributed by atoms with Crippen molar-refractivity contribution in [2.45, 2.75) is 0 Å². The van der Waals surface area contributed by atoms with Crippen LogP contribution in [0.15, 0.2) is 176 Å². The Balaban J connectivity index is 1.14. The number of hydrogen-bond donors (Lipinski definition) is 0. The molecular weight excluding hydrogens is 679 g/mol. The molecule has 1 aliphatic rings. The zero-order valence-electron chi connectivity index (χ0n) is 31.6. The number of quaternary nitrogens is 1. The quantitative estimate of drug-likeness (QED) is 0.131. The van der Waals surface area contributed by atoms with Gasteiger partial charge in [-0.2, -0.15) is 0 Å². The standard InChI is InChI=1S/C53H38N3/c1-56(2,3)38-27-23-33(24-28-38)45-31-25-36-21-22-37-26-32-46(55-53(37)52(36)54-45)39-29-30-44-49-40(39)19-12-20-43(49)50-47(34-13-6-4-7-14-34)41-17-10-11-18-42(41)48(51(44)50)35-15-8-5-9-16-35/h4-32H,1-3H3/q+1. The van der Waals surface area contributed by atoms with E-state index in [4.69, 9.17) is 9.97 Å². The number of hydrogen-bond acceptors (Lipinski definition) is 2. The van der Waals surface area contributed by atoms with Crippen molar-refractivity contribution in [3.63, 3.8) is 0 Å². The van der Waals surface area contributed by atoms with Crippen LogP contribution in [-0.2, 0) is 0 Å². The largest absolute Gasteiger partial charge is 0.298 e. The van der Waals surface area contributed by atoms with Gasteiger partial charge in [-0.05, 0) is 102 Å². The minimum Gasteiger partial charge on any atom is -0.298 e.